The predicted molar refractivity (Wildman–Crippen MR) is 117 cm³/mol. The lowest BCUT2D eigenvalue weighted by Gasteiger charge is -2.49. The third kappa shape index (κ3) is 4.98. The molecular formula is C25H40N2O. The number of nitrogens with zero attached hydrogens (tertiary/aromatic N) is 2. The second-order valence-electron chi connectivity index (χ2n) is 9.70. The fourth-order valence-corrected chi connectivity index (χ4v) is 6.06. The van der Waals surface area contributed by atoms with Crippen LogP contribution in [0.25, 0.3) is 0 Å². The minimum atomic E-state index is -0.561. The summed E-state index contributed by atoms with van der Waals surface area (Å²) in [6.45, 7) is 7.12. The zero-order valence-corrected chi connectivity index (χ0v) is 17.7. The quantitative estimate of drug-likeness (QED) is 0.790. The lowest BCUT2D eigenvalue weighted by atomic mass is 9.65. The average Bonchev–Trinajstić information content (AvgIpc) is 2.73. The molecule has 3 heteroatoms. The number of benzene rings is 1. The van der Waals surface area contributed by atoms with Crippen molar-refractivity contribution < 1.29 is 5.11 Å². The Morgan fingerprint density at radius 2 is 1.21 bits per heavy atom. The highest BCUT2D eigenvalue weighted by Crippen LogP contribution is 2.42. The van der Waals surface area contributed by atoms with Gasteiger partial charge in [-0.1, -0.05) is 49.6 Å². The van der Waals surface area contributed by atoms with Crippen LogP contribution in [0.4, 0.5) is 0 Å². The van der Waals surface area contributed by atoms with Gasteiger partial charge in [-0.2, -0.15) is 0 Å². The van der Waals surface area contributed by atoms with E-state index in [1.165, 1.54) is 89.5 Å². The molecule has 1 N–H and O–H groups in total. The molecular weight excluding hydrogens is 344 g/mol. The SMILES string of the molecule is OC1(Cc2ccccc2)C(CN2CCCCC2)CCCC1CN1CCCCC1. The molecule has 1 aliphatic carbocycles. The van der Waals surface area contributed by atoms with Crippen LogP contribution in [0.1, 0.15) is 63.4 Å². The number of rotatable bonds is 6. The highest BCUT2D eigenvalue weighted by atomic mass is 16.3. The van der Waals surface area contributed by atoms with Crippen molar-refractivity contribution in [1.82, 2.24) is 9.80 Å². The Kier molecular flexibility index (Phi) is 7.08. The largest absolute Gasteiger partial charge is 0.389 e. The van der Waals surface area contributed by atoms with Crippen LogP contribution in [0.3, 0.4) is 0 Å². The highest BCUT2D eigenvalue weighted by Gasteiger charge is 2.47. The highest BCUT2D eigenvalue weighted by molar-refractivity contribution is 5.19. The fourth-order valence-electron chi connectivity index (χ4n) is 6.06. The molecule has 3 fully saturated rings. The number of hydrogen-bond acceptors (Lipinski definition) is 3. The lowest BCUT2D eigenvalue weighted by Crippen LogP contribution is -2.56. The van der Waals surface area contributed by atoms with Crippen molar-refractivity contribution in [3.63, 3.8) is 0 Å². The van der Waals surface area contributed by atoms with Crippen LogP contribution < -0.4 is 0 Å². The number of aliphatic hydroxyl groups is 1. The number of likely N-dealkylation sites (tertiary alicyclic amines) is 2. The van der Waals surface area contributed by atoms with Gasteiger partial charge in [0.2, 0.25) is 0 Å². The van der Waals surface area contributed by atoms with Crippen LogP contribution in [-0.4, -0.2) is 59.8 Å². The van der Waals surface area contributed by atoms with Crippen molar-refractivity contribution in [3.05, 3.63) is 35.9 Å². The maximum atomic E-state index is 12.3. The van der Waals surface area contributed by atoms with Crippen molar-refractivity contribution >= 4 is 0 Å². The van der Waals surface area contributed by atoms with Gasteiger partial charge in [-0.15, -0.1) is 0 Å². The first-order valence-corrected chi connectivity index (χ1v) is 11.9. The molecule has 3 nitrogen and oxygen atoms in total. The maximum Gasteiger partial charge on any atom is 0.0768 e. The van der Waals surface area contributed by atoms with Gasteiger partial charge >= 0.3 is 0 Å². The molecule has 0 aromatic heterocycles. The van der Waals surface area contributed by atoms with E-state index in [4.69, 9.17) is 0 Å². The summed E-state index contributed by atoms with van der Waals surface area (Å²) in [7, 11) is 0. The molecule has 2 aliphatic heterocycles. The van der Waals surface area contributed by atoms with E-state index in [0.29, 0.717) is 11.8 Å². The second-order valence-corrected chi connectivity index (χ2v) is 9.70. The van der Waals surface area contributed by atoms with E-state index >= 15 is 0 Å². The van der Waals surface area contributed by atoms with Crippen LogP contribution in [0.2, 0.25) is 0 Å². The summed E-state index contributed by atoms with van der Waals surface area (Å²) in [5.74, 6) is 0.823. The molecule has 1 aromatic rings. The Hall–Kier alpha value is -0.900. The zero-order chi connectivity index (χ0) is 19.2. The standard InChI is InChI=1S/C25H40N2O/c28-25(19-22-11-4-1-5-12-22)23(20-26-15-6-2-7-16-26)13-10-14-24(25)21-27-17-8-3-9-18-27/h1,4-5,11-12,23-24,28H,2-3,6-10,13-21H2. The van der Waals surface area contributed by atoms with E-state index in [0.717, 1.165) is 19.5 Å². The molecule has 2 heterocycles. The molecule has 0 radical (unpaired) electrons. The van der Waals surface area contributed by atoms with Gasteiger partial charge in [0.15, 0.2) is 0 Å². The zero-order valence-electron chi connectivity index (χ0n) is 17.7. The maximum absolute atomic E-state index is 12.3. The Bertz CT molecular complexity index is 549. The smallest absolute Gasteiger partial charge is 0.0768 e. The van der Waals surface area contributed by atoms with Gasteiger partial charge in [-0.05, 0) is 70.3 Å². The van der Waals surface area contributed by atoms with Gasteiger partial charge in [0, 0.05) is 31.3 Å². The monoisotopic (exact) mass is 384 g/mol. The molecule has 4 rings (SSSR count). The minimum Gasteiger partial charge on any atom is -0.389 e. The van der Waals surface area contributed by atoms with E-state index in [2.05, 4.69) is 40.1 Å². The average molecular weight is 385 g/mol. The molecule has 1 aromatic carbocycles. The molecule has 0 amide bonds. The second kappa shape index (κ2) is 9.73. The van der Waals surface area contributed by atoms with E-state index < -0.39 is 5.60 Å². The third-order valence-electron chi connectivity index (χ3n) is 7.70. The van der Waals surface area contributed by atoms with Crippen LogP contribution in [0, 0.1) is 11.8 Å². The Morgan fingerprint density at radius 1 is 0.714 bits per heavy atom. The summed E-state index contributed by atoms with van der Waals surface area (Å²) in [6, 6.07) is 10.8. The topological polar surface area (TPSA) is 26.7 Å². The molecule has 2 atom stereocenters. The van der Waals surface area contributed by atoms with Gasteiger partial charge in [-0.3, -0.25) is 0 Å². The van der Waals surface area contributed by atoms with E-state index in [1.54, 1.807) is 0 Å². The minimum absolute atomic E-state index is 0.411. The van der Waals surface area contributed by atoms with Crippen LogP contribution >= 0.6 is 0 Å². The van der Waals surface area contributed by atoms with Crippen molar-refractivity contribution in [3.8, 4) is 0 Å². The molecule has 28 heavy (non-hydrogen) atoms. The predicted octanol–water partition coefficient (Wildman–Crippen LogP) is 4.35. The van der Waals surface area contributed by atoms with Gasteiger partial charge in [0.1, 0.15) is 0 Å². The molecule has 0 spiro atoms. The first-order valence-electron chi connectivity index (χ1n) is 11.9. The van der Waals surface area contributed by atoms with Crippen LogP contribution in [-0.2, 0) is 6.42 Å². The summed E-state index contributed by atoms with van der Waals surface area (Å²) < 4.78 is 0. The Balaban J connectivity index is 1.52. The first-order chi connectivity index (χ1) is 13.7. The first kappa shape index (κ1) is 20.4. The number of piperidine rings is 2. The summed E-state index contributed by atoms with van der Waals surface area (Å²) >= 11 is 0. The van der Waals surface area contributed by atoms with Crippen molar-refractivity contribution in [2.24, 2.45) is 11.8 Å². The lowest BCUT2D eigenvalue weighted by molar-refractivity contribution is -0.112. The molecule has 156 valence electrons. The van der Waals surface area contributed by atoms with Gasteiger partial charge in [-0.25, -0.2) is 0 Å². The Labute approximate surface area is 172 Å². The van der Waals surface area contributed by atoms with Crippen molar-refractivity contribution in [2.75, 3.05) is 39.3 Å². The third-order valence-corrected chi connectivity index (χ3v) is 7.70. The van der Waals surface area contributed by atoms with Crippen LogP contribution in [0.15, 0.2) is 30.3 Å². The van der Waals surface area contributed by atoms with Crippen molar-refractivity contribution in [1.29, 1.82) is 0 Å². The van der Waals surface area contributed by atoms with E-state index in [1.807, 2.05) is 0 Å². The fraction of sp³-hybridized carbons (Fsp3) is 0.760. The van der Waals surface area contributed by atoms with Gasteiger partial charge < -0.3 is 14.9 Å². The van der Waals surface area contributed by atoms with Crippen LogP contribution in [0.5, 0.6) is 0 Å². The summed E-state index contributed by atoms with van der Waals surface area (Å²) in [6.07, 6.45) is 12.6. The Morgan fingerprint density at radius 3 is 1.71 bits per heavy atom. The van der Waals surface area contributed by atoms with E-state index in [-0.39, 0.29) is 0 Å². The van der Waals surface area contributed by atoms with Gasteiger partial charge in [0.25, 0.3) is 0 Å². The molecule has 0 bridgehead atoms. The molecule has 2 saturated heterocycles. The van der Waals surface area contributed by atoms with Gasteiger partial charge in [0.05, 0.1) is 5.60 Å². The summed E-state index contributed by atoms with van der Waals surface area (Å²) in [5, 5.41) is 12.3. The summed E-state index contributed by atoms with van der Waals surface area (Å²) in [5.41, 5.74) is 0.744. The normalized spacial score (nSPS) is 33.0. The molecule has 3 aliphatic rings. The molecule has 1 saturated carbocycles. The van der Waals surface area contributed by atoms with Crippen molar-refractivity contribution in [2.45, 2.75) is 69.8 Å². The number of hydrogen-bond donors (Lipinski definition) is 1. The summed E-state index contributed by atoms with van der Waals surface area (Å²) in [4.78, 5) is 5.29. The molecule has 2 unspecified atom stereocenters. The van der Waals surface area contributed by atoms with E-state index in [9.17, 15) is 5.11 Å².